The minimum absolute atomic E-state index is 0.622. The Morgan fingerprint density at radius 3 is 1.72 bits per heavy atom. The van der Waals surface area contributed by atoms with Gasteiger partial charge in [-0.1, -0.05) is 103 Å². The minimum atomic E-state index is 0.622. The molecule has 0 aliphatic rings. The fourth-order valence-corrected chi connectivity index (χ4v) is 7.51. The van der Waals surface area contributed by atoms with Crippen molar-refractivity contribution in [2.24, 2.45) is 0 Å². The second-order valence-corrected chi connectivity index (χ2v) is 12.0. The molecule has 0 aliphatic carbocycles. The summed E-state index contributed by atoms with van der Waals surface area (Å²) in [6, 6.07) is 52.9. The fraction of sp³-hybridized carbons (Fsp3) is 0. The zero-order valence-electron chi connectivity index (χ0n) is 25.2. The molecule has 10 aromatic rings. The highest BCUT2D eigenvalue weighted by molar-refractivity contribution is 6.17. The van der Waals surface area contributed by atoms with Crippen LogP contribution in [0.3, 0.4) is 0 Å². The van der Waals surface area contributed by atoms with Gasteiger partial charge in [-0.2, -0.15) is 0 Å². The molecule has 218 valence electrons. The molecular weight excluding hydrogens is 574 g/mol. The van der Waals surface area contributed by atoms with Gasteiger partial charge in [0.15, 0.2) is 0 Å². The summed E-state index contributed by atoms with van der Waals surface area (Å²) < 4.78 is 10.9. The smallest absolute Gasteiger partial charge is 0.211 e. The van der Waals surface area contributed by atoms with Gasteiger partial charge in [0.1, 0.15) is 11.2 Å². The van der Waals surface area contributed by atoms with Gasteiger partial charge in [0.2, 0.25) is 5.69 Å². The highest BCUT2D eigenvalue weighted by Gasteiger charge is 2.20. The van der Waals surface area contributed by atoms with Crippen LogP contribution in [0.5, 0.6) is 0 Å². The topological polar surface area (TPSA) is 27.4 Å². The Morgan fingerprint density at radius 1 is 0.447 bits per heavy atom. The Bertz CT molecular complexity index is 2860. The molecule has 0 N–H and O–H groups in total. The van der Waals surface area contributed by atoms with Gasteiger partial charge in [-0.25, -0.2) is 4.85 Å². The lowest BCUT2D eigenvalue weighted by Gasteiger charge is -2.17. The second kappa shape index (κ2) is 9.71. The maximum absolute atomic E-state index is 8.14. The van der Waals surface area contributed by atoms with Crippen molar-refractivity contribution in [3.8, 4) is 22.5 Å². The van der Waals surface area contributed by atoms with Gasteiger partial charge in [0.25, 0.3) is 0 Å². The Labute approximate surface area is 269 Å². The lowest BCUT2D eigenvalue weighted by molar-refractivity contribution is 0.669. The van der Waals surface area contributed by atoms with Gasteiger partial charge in [-0.3, -0.25) is 0 Å². The van der Waals surface area contributed by atoms with Crippen LogP contribution in [0.25, 0.3) is 92.9 Å². The summed E-state index contributed by atoms with van der Waals surface area (Å²) >= 11 is 0. The summed E-state index contributed by atoms with van der Waals surface area (Å²) in [4.78, 5) is 4.01. The first-order valence-electron chi connectivity index (χ1n) is 15.7. The average Bonchev–Trinajstić information content (AvgIpc) is 3.77. The Kier molecular flexibility index (Phi) is 5.32. The van der Waals surface area contributed by atoms with E-state index < -0.39 is 0 Å². The van der Waals surface area contributed by atoms with Crippen LogP contribution in [0.15, 0.2) is 156 Å². The van der Waals surface area contributed by atoms with Crippen LogP contribution in [0.1, 0.15) is 0 Å². The van der Waals surface area contributed by atoms with E-state index in [0.29, 0.717) is 5.69 Å². The van der Waals surface area contributed by atoms with E-state index in [1.807, 2.05) is 24.3 Å². The van der Waals surface area contributed by atoms with Crippen molar-refractivity contribution in [2.45, 2.75) is 0 Å². The number of benzene rings is 7. The molecule has 7 aromatic carbocycles. The van der Waals surface area contributed by atoms with E-state index in [0.717, 1.165) is 71.9 Å². The zero-order valence-corrected chi connectivity index (χ0v) is 25.2. The predicted molar refractivity (Wildman–Crippen MR) is 194 cm³/mol. The zero-order chi connectivity index (χ0) is 31.1. The maximum atomic E-state index is 8.14. The first-order valence-corrected chi connectivity index (χ1v) is 15.7. The third-order valence-electron chi connectivity index (χ3n) is 9.55. The number of aromatic nitrogens is 2. The van der Waals surface area contributed by atoms with E-state index in [2.05, 4.69) is 141 Å². The molecule has 0 amide bonds. The van der Waals surface area contributed by atoms with Crippen molar-refractivity contribution in [2.75, 3.05) is 0 Å². The van der Waals surface area contributed by atoms with Crippen LogP contribution in [0, 0.1) is 6.57 Å². The number of nitrogens with zero attached hydrogens (tertiary/aromatic N) is 3. The molecule has 4 nitrogen and oxygen atoms in total. The van der Waals surface area contributed by atoms with Gasteiger partial charge >= 0.3 is 0 Å². The van der Waals surface area contributed by atoms with Crippen molar-refractivity contribution in [3.63, 3.8) is 0 Å². The number of rotatable bonds is 3. The molecule has 0 atom stereocenters. The van der Waals surface area contributed by atoms with Crippen LogP contribution >= 0.6 is 0 Å². The van der Waals surface area contributed by atoms with Crippen LogP contribution in [-0.2, 0) is 0 Å². The van der Waals surface area contributed by atoms with Crippen LogP contribution < -0.4 is 0 Å². The molecule has 10 rings (SSSR count). The van der Waals surface area contributed by atoms with Crippen molar-refractivity contribution >= 4 is 71.2 Å². The van der Waals surface area contributed by atoms with E-state index in [1.54, 1.807) is 0 Å². The second-order valence-electron chi connectivity index (χ2n) is 12.0. The molecule has 0 saturated heterocycles. The monoisotopic (exact) mass is 599 g/mol. The van der Waals surface area contributed by atoms with Gasteiger partial charge in [-0.05, 0) is 59.7 Å². The van der Waals surface area contributed by atoms with E-state index in [4.69, 9.17) is 11.0 Å². The van der Waals surface area contributed by atoms with Gasteiger partial charge < -0.3 is 13.6 Å². The van der Waals surface area contributed by atoms with E-state index in [9.17, 15) is 0 Å². The first kappa shape index (κ1) is 25.7. The van der Waals surface area contributed by atoms with Gasteiger partial charge in [-0.15, -0.1) is 0 Å². The normalized spacial score (nSPS) is 11.8. The molecule has 3 aromatic heterocycles. The molecule has 0 bridgehead atoms. The lowest BCUT2D eigenvalue weighted by atomic mass is 10.0. The van der Waals surface area contributed by atoms with Gasteiger partial charge in [0.05, 0.1) is 34.3 Å². The number of furan rings is 1. The van der Waals surface area contributed by atoms with Crippen molar-refractivity contribution < 1.29 is 4.42 Å². The molecule has 47 heavy (non-hydrogen) atoms. The third kappa shape index (κ3) is 3.63. The van der Waals surface area contributed by atoms with E-state index >= 15 is 0 Å². The summed E-state index contributed by atoms with van der Waals surface area (Å²) in [6.07, 6.45) is 0. The molecule has 0 saturated carbocycles. The predicted octanol–water partition coefficient (Wildman–Crippen LogP) is 12.0. The van der Waals surface area contributed by atoms with Crippen LogP contribution in [-0.4, -0.2) is 9.13 Å². The van der Waals surface area contributed by atoms with Crippen LogP contribution in [0.2, 0.25) is 0 Å². The Hall–Kier alpha value is -6.57. The quantitative estimate of drug-likeness (QED) is 0.186. The van der Waals surface area contributed by atoms with Crippen molar-refractivity contribution in [1.29, 1.82) is 0 Å². The molecule has 0 spiro atoms. The molecule has 4 heteroatoms. The molecule has 0 fully saturated rings. The summed E-state index contributed by atoms with van der Waals surface area (Å²) in [5, 5.41) is 6.93. The SMILES string of the molecule is [C-]#[N+]c1cccc(-c2ccc(-n3c4ccccc4c4cc5oc6ccccc6c5cc43)cc2)c1-n1c2ccccc2c2ccccc21. The number of hydrogen-bond donors (Lipinski definition) is 0. The minimum Gasteiger partial charge on any atom is -0.456 e. The molecule has 3 heterocycles. The Morgan fingerprint density at radius 2 is 1.04 bits per heavy atom. The number of hydrogen-bond acceptors (Lipinski definition) is 1. The lowest BCUT2D eigenvalue weighted by Crippen LogP contribution is -1.98. The standard InChI is InChI=1S/C43H25N3O/c1-44-36-16-10-15-29(43(36)46-38-18-7-2-11-30(38)31-12-3-8-19-39(31)46)27-21-23-28(24-22-27)45-37-17-6-4-13-32(37)34-26-42-35(25-40(34)45)33-14-5-9-20-41(33)47-42/h2-26H. The summed E-state index contributed by atoms with van der Waals surface area (Å²) in [5.41, 5.74) is 10.9. The summed E-state index contributed by atoms with van der Waals surface area (Å²) in [7, 11) is 0. The number of fused-ring (bicyclic) bond motifs is 9. The maximum Gasteiger partial charge on any atom is 0.211 e. The highest BCUT2D eigenvalue weighted by atomic mass is 16.3. The first-order chi connectivity index (χ1) is 23.3. The number of para-hydroxylation sites is 5. The Balaban J connectivity index is 1.19. The largest absolute Gasteiger partial charge is 0.456 e. The van der Waals surface area contributed by atoms with Gasteiger partial charge in [0, 0.05) is 38.0 Å². The van der Waals surface area contributed by atoms with Crippen molar-refractivity contribution in [1.82, 2.24) is 9.13 Å². The molecular formula is C43H25N3O. The summed E-state index contributed by atoms with van der Waals surface area (Å²) in [6.45, 7) is 8.14. The molecule has 0 unspecified atom stereocenters. The fourth-order valence-electron chi connectivity index (χ4n) is 7.51. The highest BCUT2D eigenvalue weighted by Crippen LogP contribution is 2.42. The summed E-state index contributed by atoms with van der Waals surface area (Å²) in [5.74, 6) is 0. The van der Waals surface area contributed by atoms with Crippen molar-refractivity contribution in [3.05, 3.63) is 163 Å². The van der Waals surface area contributed by atoms with E-state index in [-0.39, 0.29) is 0 Å². The molecule has 0 radical (unpaired) electrons. The van der Waals surface area contributed by atoms with E-state index in [1.165, 1.54) is 16.2 Å². The third-order valence-corrected chi connectivity index (χ3v) is 9.55. The average molecular weight is 600 g/mol. The molecule has 0 aliphatic heterocycles. The van der Waals surface area contributed by atoms with Crippen LogP contribution in [0.4, 0.5) is 5.69 Å².